The molecule has 0 spiro atoms. The van der Waals surface area contributed by atoms with Crippen LogP contribution in [0.3, 0.4) is 0 Å². The molecule has 1 aromatic carbocycles. The summed E-state index contributed by atoms with van der Waals surface area (Å²) in [5, 5.41) is 11.8. The minimum Gasteiger partial charge on any atom is -0.488 e. The van der Waals surface area contributed by atoms with Crippen molar-refractivity contribution in [2.75, 3.05) is 30.8 Å². The van der Waals surface area contributed by atoms with Crippen LogP contribution < -0.4 is 15.4 Å². The largest absolute Gasteiger partial charge is 0.488 e. The quantitative estimate of drug-likeness (QED) is 0.380. The van der Waals surface area contributed by atoms with Crippen molar-refractivity contribution in [2.24, 2.45) is 0 Å². The highest BCUT2D eigenvalue weighted by atomic mass is 35.5. The van der Waals surface area contributed by atoms with Gasteiger partial charge in [0.05, 0.1) is 35.4 Å². The SMILES string of the molecule is Cc1cc(Nc2ncc(Cl)c(Nc3cn(C4CC4)nc3C)n2)c(OC2CC2)cc1C1CCN(C)CC1. The van der Waals surface area contributed by atoms with Crippen LogP contribution in [0.2, 0.25) is 5.02 Å². The number of piperidine rings is 1. The molecule has 2 aliphatic carbocycles. The van der Waals surface area contributed by atoms with E-state index in [1.54, 1.807) is 6.20 Å². The molecular formula is C27H34ClN7O. The zero-order chi connectivity index (χ0) is 24.8. The molecule has 0 unspecified atom stereocenters. The van der Waals surface area contributed by atoms with Gasteiger partial charge >= 0.3 is 0 Å². The standard InChI is InChI=1S/C27H34ClN7O/c1-16-12-23(25(36-20-6-7-20)13-21(16)18-8-10-34(3)11-9-18)31-27-29-14-22(28)26(32-27)30-24-15-35(19-4-5-19)33-17(24)2/h12-15,18-20H,4-11H2,1-3H3,(H2,29,30,31,32). The third kappa shape index (κ3) is 5.15. The summed E-state index contributed by atoms with van der Waals surface area (Å²) in [6, 6.07) is 4.94. The first kappa shape index (κ1) is 23.6. The number of halogens is 1. The van der Waals surface area contributed by atoms with E-state index < -0.39 is 0 Å². The lowest BCUT2D eigenvalue weighted by Gasteiger charge is -2.30. The zero-order valence-corrected chi connectivity index (χ0v) is 22.0. The fourth-order valence-corrected chi connectivity index (χ4v) is 5.06. The first-order valence-electron chi connectivity index (χ1n) is 13.0. The van der Waals surface area contributed by atoms with Crippen molar-refractivity contribution in [3.63, 3.8) is 0 Å². The Morgan fingerprint density at radius 1 is 1.00 bits per heavy atom. The number of likely N-dealkylation sites (tertiary alicyclic amines) is 1. The zero-order valence-electron chi connectivity index (χ0n) is 21.2. The van der Waals surface area contributed by atoms with E-state index in [1.807, 2.05) is 17.8 Å². The van der Waals surface area contributed by atoms with Crippen molar-refractivity contribution in [1.29, 1.82) is 0 Å². The van der Waals surface area contributed by atoms with Crippen molar-refractivity contribution in [3.8, 4) is 5.75 Å². The molecule has 1 saturated heterocycles. The molecule has 1 aliphatic heterocycles. The summed E-state index contributed by atoms with van der Waals surface area (Å²) in [5.41, 5.74) is 5.38. The topological polar surface area (TPSA) is 80.1 Å². The van der Waals surface area contributed by atoms with Gasteiger partial charge in [-0.2, -0.15) is 10.1 Å². The smallest absolute Gasteiger partial charge is 0.229 e. The molecule has 0 radical (unpaired) electrons. The Labute approximate surface area is 217 Å². The molecule has 2 aromatic heterocycles. The number of aromatic nitrogens is 4. The van der Waals surface area contributed by atoms with E-state index in [4.69, 9.17) is 21.3 Å². The first-order valence-corrected chi connectivity index (χ1v) is 13.4. The Balaban J connectivity index is 1.25. The summed E-state index contributed by atoms with van der Waals surface area (Å²) in [6.07, 6.45) is 10.9. The summed E-state index contributed by atoms with van der Waals surface area (Å²) in [5.74, 6) is 2.48. The van der Waals surface area contributed by atoms with E-state index in [0.29, 0.717) is 34.9 Å². The molecule has 3 aromatic rings. The van der Waals surface area contributed by atoms with Crippen LogP contribution in [0.25, 0.3) is 0 Å². The van der Waals surface area contributed by atoms with E-state index in [1.165, 1.54) is 36.8 Å². The number of nitrogens with zero attached hydrogens (tertiary/aromatic N) is 5. The van der Waals surface area contributed by atoms with Gasteiger partial charge in [0.1, 0.15) is 10.8 Å². The maximum atomic E-state index is 6.46. The summed E-state index contributed by atoms with van der Waals surface area (Å²) < 4.78 is 8.38. The van der Waals surface area contributed by atoms with Gasteiger partial charge < -0.3 is 20.3 Å². The number of rotatable bonds is 8. The fraction of sp³-hybridized carbons (Fsp3) is 0.519. The van der Waals surface area contributed by atoms with Crippen molar-refractivity contribution < 1.29 is 4.74 Å². The minimum absolute atomic E-state index is 0.299. The first-order chi connectivity index (χ1) is 17.4. The fourth-order valence-electron chi connectivity index (χ4n) is 4.92. The van der Waals surface area contributed by atoms with Gasteiger partial charge in [-0.05, 0) is 102 Å². The Hall–Kier alpha value is -2.84. The van der Waals surface area contributed by atoms with E-state index in [-0.39, 0.29) is 0 Å². The lowest BCUT2D eigenvalue weighted by molar-refractivity contribution is 0.254. The number of aryl methyl sites for hydroxylation is 2. The monoisotopic (exact) mass is 507 g/mol. The number of ether oxygens (including phenoxy) is 1. The Kier molecular flexibility index (Phi) is 6.25. The van der Waals surface area contributed by atoms with Crippen molar-refractivity contribution >= 4 is 34.7 Å². The highest BCUT2D eigenvalue weighted by molar-refractivity contribution is 6.32. The molecule has 6 rings (SSSR count). The highest BCUT2D eigenvalue weighted by Crippen LogP contribution is 2.40. The van der Waals surface area contributed by atoms with Crippen molar-refractivity contribution in [3.05, 3.63) is 46.4 Å². The number of nitrogens with one attached hydrogen (secondary N) is 2. The third-order valence-corrected chi connectivity index (χ3v) is 7.70. The van der Waals surface area contributed by atoms with Crippen LogP contribution in [0.1, 0.15) is 67.3 Å². The molecule has 190 valence electrons. The van der Waals surface area contributed by atoms with Crippen LogP contribution in [0.4, 0.5) is 23.1 Å². The maximum absolute atomic E-state index is 6.46. The van der Waals surface area contributed by atoms with Crippen molar-refractivity contribution in [1.82, 2.24) is 24.6 Å². The molecular weight excluding hydrogens is 474 g/mol. The van der Waals surface area contributed by atoms with E-state index in [0.717, 1.165) is 48.7 Å². The van der Waals surface area contributed by atoms with Crippen LogP contribution >= 0.6 is 11.6 Å². The molecule has 0 atom stereocenters. The van der Waals surface area contributed by atoms with Gasteiger partial charge in [0.2, 0.25) is 5.95 Å². The summed E-state index contributed by atoms with van der Waals surface area (Å²) in [4.78, 5) is 11.6. The van der Waals surface area contributed by atoms with Gasteiger partial charge in [-0.1, -0.05) is 11.6 Å². The maximum Gasteiger partial charge on any atom is 0.229 e. The van der Waals surface area contributed by atoms with Crippen LogP contribution in [-0.4, -0.2) is 50.9 Å². The molecule has 3 heterocycles. The van der Waals surface area contributed by atoms with Crippen LogP contribution in [0, 0.1) is 13.8 Å². The Morgan fingerprint density at radius 2 is 1.78 bits per heavy atom. The second-order valence-corrected chi connectivity index (χ2v) is 11.0. The van der Waals surface area contributed by atoms with E-state index >= 15 is 0 Å². The molecule has 2 N–H and O–H groups in total. The minimum atomic E-state index is 0.299. The van der Waals surface area contributed by atoms with Gasteiger partial charge in [-0.15, -0.1) is 0 Å². The average Bonchev–Trinajstić information content (AvgIpc) is 3.78. The molecule has 3 fully saturated rings. The van der Waals surface area contributed by atoms with Crippen LogP contribution in [0.5, 0.6) is 5.75 Å². The second-order valence-electron chi connectivity index (χ2n) is 10.6. The van der Waals surface area contributed by atoms with Gasteiger partial charge in [-0.3, -0.25) is 4.68 Å². The van der Waals surface area contributed by atoms with Gasteiger partial charge in [0.25, 0.3) is 0 Å². The summed E-state index contributed by atoms with van der Waals surface area (Å²) >= 11 is 6.46. The molecule has 0 amide bonds. The molecule has 2 saturated carbocycles. The van der Waals surface area contributed by atoms with E-state index in [9.17, 15) is 0 Å². The molecule has 36 heavy (non-hydrogen) atoms. The lowest BCUT2D eigenvalue weighted by Crippen LogP contribution is -2.29. The molecule has 9 heteroatoms. The number of anilines is 4. The number of hydrogen-bond acceptors (Lipinski definition) is 7. The van der Waals surface area contributed by atoms with Crippen LogP contribution in [-0.2, 0) is 0 Å². The molecule has 0 bridgehead atoms. The van der Waals surface area contributed by atoms with Gasteiger partial charge in [0, 0.05) is 6.20 Å². The number of hydrogen-bond donors (Lipinski definition) is 2. The predicted molar refractivity (Wildman–Crippen MR) is 143 cm³/mol. The predicted octanol–water partition coefficient (Wildman–Crippen LogP) is 6.12. The average molecular weight is 508 g/mol. The summed E-state index contributed by atoms with van der Waals surface area (Å²) in [7, 11) is 2.20. The van der Waals surface area contributed by atoms with Crippen molar-refractivity contribution in [2.45, 2.75) is 70.4 Å². The normalized spacial score (nSPS) is 18.9. The van der Waals surface area contributed by atoms with Gasteiger partial charge in [0.15, 0.2) is 5.82 Å². The highest BCUT2D eigenvalue weighted by Gasteiger charge is 2.28. The summed E-state index contributed by atoms with van der Waals surface area (Å²) in [6.45, 7) is 6.45. The van der Waals surface area contributed by atoms with E-state index in [2.05, 4.69) is 51.7 Å². The molecule has 8 nitrogen and oxygen atoms in total. The van der Waals surface area contributed by atoms with Gasteiger partial charge in [-0.25, -0.2) is 4.98 Å². The third-order valence-electron chi connectivity index (χ3n) is 7.43. The number of benzene rings is 1. The Bertz CT molecular complexity index is 1260. The molecule has 3 aliphatic rings. The second kappa shape index (κ2) is 9.56. The van der Waals surface area contributed by atoms with Crippen LogP contribution in [0.15, 0.2) is 24.5 Å². The lowest BCUT2D eigenvalue weighted by atomic mass is 9.86. The Morgan fingerprint density at radius 3 is 2.50 bits per heavy atom.